The molecule has 2 unspecified atom stereocenters. The van der Waals surface area contributed by atoms with Gasteiger partial charge in [0.05, 0.1) is 5.92 Å². The normalized spacial score (nSPS) is 19.7. The van der Waals surface area contributed by atoms with Gasteiger partial charge in [-0.05, 0) is 60.5 Å². The van der Waals surface area contributed by atoms with Crippen LogP contribution >= 0.6 is 0 Å². The number of aryl methyl sites for hydroxylation is 1. The predicted octanol–water partition coefficient (Wildman–Crippen LogP) is 4.27. The minimum atomic E-state index is -0.167. The van der Waals surface area contributed by atoms with Gasteiger partial charge >= 0.3 is 0 Å². The van der Waals surface area contributed by atoms with Crippen molar-refractivity contribution in [3.8, 4) is 0 Å². The number of piperidine rings is 1. The summed E-state index contributed by atoms with van der Waals surface area (Å²) in [4.78, 5) is 28.6. The van der Waals surface area contributed by atoms with Crippen LogP contribution in [0.15, 0.2) is 83.9 Å². The number of hydrogen-bond acceptors (Lipinski definition) is 3. The molecule has 6 nitrogen and oxygen atoms in total. The second kappa shape index (κ2) is 10.0. The Kier molecular flexibility index (Phi) is 6.43. The Labute approximate surface area is 217 Å². The van der Waals surface area contributed by atoms with Crippen molar-refractivity contribution < 1.29 is 4.79 Å². The molecule has 2 fully saturated rings. The van der Waals surface area contributed by atoms with Crippen molar-refractivity contribution >= 4 is 16.8 Å². The van der Waals surface area contributed by atoms with Gasteiger partial charge in [-0.25, -0.2) is 0 Å². The third-order valence-electron chi connectivity index (χ3n) is 8.03. The number of nitrogens with one attached hydrogen (secondary N) is 1. The van der Waals surface area contributed by atoms with Crippen LogP contribution in [0.4, 0.5) is 0 Å². The molecule has 2 aromatic carbocycles. The van der Waals surface area contributed by atoms with Crippen LogP contribution in [0.3, 0.4) is 0 Å². The molecule has 2 atom stereocenters. The highest BCUT2D eigenvalue weighted by Gasteiger charge is 2.40. The molecule has 1 amide bonds. The molecule has 1 saturated heterocycles. The zero-order chi connectivity index (χ0) is 25.4. The topological polar surface area (TPSA) is 59.3 Å². The Balaban J connectivity index is 1.30. The summed E-state index contributed by atoms with van der Waals surface area (Å²) < 4.78 is 3.89. The molecule has 1 aliphatic heterocycles. The van der Waals surface area contributed by atoms with E-state index in [2.05, 4.69) is 69.5 Å². The number of carbonyl (C=O) groups excluding carboxylic acids is 1. The maximum absolute atomic E-state index is 14.1. The Morgan fingerprint density at radius 3 is 2.59 bits per heavy atom. The zero-order valence-electron chi connectivity index (χ0n) is 21.3. The Bertz CT molecular complexity index is 1470. The van der Waals surface area contributed by atoms with Crippen LogP contribution in [-0.4, -0.2) is 39.1 Å². The number of pyridine rings is 1. The van der Waals surface area contributed by atoms with Crippen molar-refractivity contribution in [2.45, 2.75) is 44.3 Å². The SMILES string of the molecule is Cn1ccc(C2CCNCC2C(=O)N(Cc2cn(Cc3ccccc3)c3ccccc23)C2CC2)cc1=O. The van der Waals surface area contributed by atoms with Crippen molar-refractivity contribution in [1.29, 1.82) is 0 Å². The maximum atomic E-state index is 14.1. The Hall–Kier alpha value is -3.64. The summed E-state index contributed by atoms with van der Waals surface area (Å²) in [6, 6.07) is 23.0. The first-order valence-electron chi connectivity index (χ1n) is 13.4. The number of fused-ring (bicyclic) bond motifs is 1. The summed E-state index contributed by atoms with van der Waals surface area (Å²) in [5.74, 6) is 0.0997. The minimum Gasteiger partial charge on any atom is -0.343 e. The monoisotopic (exact) mass is 494 g/mol. The molecule has 190 valence electrons. The quantitative estimate of drug-likeness (QED) is 0.417. The van der Waals surface area contributed by atoms with E-state index in [4.69, 9.17) is 0 Å². The number of aromatic nitrogens is 2. The third-order valence-corrected chi connectivity index (χ3v) is 8.03. The number of nitrogens with zero attached hydrogens (tertiary/aromatic N) is 3. The highest BCUT2D eigenvalue weighted by atomic mass is 16.2. The lowest BCUT2D eigenvalue weighted by molar-refractivity contribution is -0.138. The van der Waals surface area contributed by atoms with Crippen molar-refractivity contribution in [2.24, 2.45) is 13.0 Å². The molecular formula is C31H34N4O2. The molecule has 2 aromatic heterocycles. The first kappa shape index (κ1) is 23.7. The second-order valence-electron chi connectivity index (χ2n) is 10.6. The van der Waals surface area contributed by atoms with E-state index in [1.165, 1.54) is 22.0 Å². The van der Waals surface area contributed by atoms with E-state index in [1.54, 1.807) is 17.7 Å². The van der Waals surface area contributed by atoms with Crippen molar-refractivity contribution in [3.63, 3.8) is 0 Å². The molecule has 2 aliphatic rings. The predicted molar refractivity (Wildman–Crippen MR) is 146 cm³/mol. The highest BCUT2D eigenvalue weighted by Crippen LogP contribution is 2.36. The summed E-state index contributed by atoms with van der Waals surface area (Å²) in [5, 5.41) is 4.66. The first-order valence-corrected chi connectivity index (χ1v) is 13.4. The van der Waals surface area contributed by atoms with Crippen LogP contribution in [0.2, 0.25) is 0 Å². The molecule has 1 saturated carbocycles. The Morgan fingerprint density at radius 1 is 1.03 bits per heavy atom. The molecule has 1 aliphatic carbocycles. The van der Waals surface area contributed by atoms with Crippen molar-refractivity contribution in [2.75, 3.05) is 13.1 Å². The fourth-order valence-electron chi connectivity index (χ4n) is 5.84. The van der Waals surface area contributed by atoms with Gasteiger partial charge in [0.1, 0.15) is 0 Å². The van der Waals surface area contributed by atoms with Gasteiger partial charge in [0, 0.05) is 62.1 Å². The number of benzene rings is 2. The molecule has 6 heteroatoms. The lowest BCUT2D eigenvalue weighted by atomic mass is 9.80. The molecule has 1 N–H and O–H groups in total. The summed E-state index contributed by atoms with van der Waals surface area (Å²) in [6.07, 6.45) is 7.04. The average Bonchev–Trinajstić information content (AvgIpc) is 3.72. The van der Waals surface area contributed by atoms with Gasteiger partial charge in [-0.2, -0.15) is 0 Å². The van der Waals surface area contributed by atoms with E-state index < -0.39 is 0 Å². The highest BCUT2D eigenvalue weighted by molar-refractivity contribution is 5.86. The van der Waals surface area contributed by atoms with Crippen LogP contribution in [0.1, 0.15) is 41.9 Å². The standard InChI is InChI=1S/C31H34N4O2/c1-33-16-14-23(17-30(33)36)26-13-15-32-18-28(26)31(37)35(25-11-12-25)21-24-20-34(19-22-7-3-2-4-8-22)29-10-6-5-9-27(24)29/h2-10,14,16-17,20,25-26,28,32H,11-13,15,18-19,21H2,1H3. The summed E-state index contributed by atoms with van der Waals surface area (Å²) in [5.41, 5.74) is 4.61. The van der Waals surface area contributed by atoms with E-state index >= 15 is 0 Å². The number of carbonyl (C=O) groups is 1. The molecule has 6 rings (SSSR count). The van der Waals surface area contributed by atoms with Gasteiger partial charge < -0.3 is 19.4 Å². The fraction of sp³-hybridized carbons (Fsp3) is 0.355. The summed E-state index contributed by atoms with van der Waals surface area (Å²) >= 11 is 0. The number of rotatable bonds is 7. The molecular weight excluding hydrogens is 460 g/mol. The first-order chi connectivity index (χ1) is 18.1. The van der Waals surface area contributed by atoms with E-state index in [9.17, 15) is 9.59 Å². The minimum absolute atomic E-state index is 0.0208. The van der Waals surface area contributed by atoms with Crippen molar-refractivity contribution in [3.05, 3.63) is 106 Å². The van der Waals surface area contributed by atoms with Crippen LogP contribution in [0, 0.1) is 5.92 Å². The van der Waals surface area contributed by atoms with Crippen molar-refractivity contribution in [1.82, 2.24) is 19.4 Å². The number of amides is 1. The van der Waals surface area contributed by atoms with E-state index in [0.717, 1.165) is 37.9 Å². The van der Waals surface area contributed by atoms with Gasteiger partial charge in [0.25, 0.3) is 5.56 Å². The third kappa shape index (κ3) is 4.86. The molecule has 0 radical (unpaired) electrons. The van der Waals surface area contributed by atoms with Gasteiger partial charge in [0.15, 0.2) is 0 Å². The molecule has 0 spiro atoms. The van der Waals surface area contributed by atoms with E-state index in [-0.39, 0.29) is 23.3 Å². The van der Waals surface area contributed by atoms with Crippen LogP contribution in [0.5, 0.6) is 0 Å². The summed E-state index contributed by atoms with van der Waals surface area (Å²) in [7, 11) is 1.76. The number of hydrogen-bond donors (Lipinski definition) is 1. The number of para-hydroxylation sites is 1. The molecule has 37 heavy (non-hydrogen) atoms. The van der Waals surface area contributed by atoms with Gasteiger partial charge in [0.2, 0.25) is 5.91 Å². The Morgan fingerprint density at radius 2 is 1.81 bits per heavy atom. The zero-order valence-corrected chi connectivity index (χ0v) is 21.3. The largest absolute Gasteiger partial charge is 0.343 e. The maximum Gasteiger partial charge on any atom is 0.250 e. The molecule has 0 bridgehead atoms. The second-order valence-corrected chi connectivity index (χ2v) is 10.6. The van der Waals surface area contributed by atoms with Gasteiger partial charge in [-0.1, -0.05) is 48.5 Å². The lowest BCUT2D eigenvalue weighted by Gasteiger charge is -2.35. The fourth-order valence-corrected chi connectivity index (χ4v) is 5.84. The van der Waals surface area contributed by atoms with Gasteiger partial charge in [-0.15, -0.1) is 0 Å². The average molecular weight is 495 g/mol. The smallest absolute Gasteiger partial charge is 0.250 e. The summed E-state index contributed by atoms with van der Waals surface area (Å²) in [6.45, 7) is 2.93. The molecule has 4 aromatic rings. The lowest BCUT2D eigenvalue weighted by Crippen LogP contribution is -2.47. The van der Waals surface area contributed by atoms with Crippen LogP contribution < -0.4 is 10.9 Å². The van der Waals surface area contributed by atoms with Crippen LogP contribution in [0.25, 0.3) is 10.9 Å². The van der Waals surface area contributed by atoms with E-state index in [0.29, 0.717) is 19.1 Å². The van der Waals surface area contributed by atoms with Crippen LogP contribution in [-0.2, 0) is 24.9 Å². The molecule has 3 heterocycles. The van der Waals surface area contributed by atoms with E-state index in [1.807, 2.05) is 18.3 Å². The van der Waals surface area contributed by atoms with Gasteiger partial charge in [-0.3, -0.25) is 9.59 Å².